The van der Waals surface area contributed by atoms with Crippen LogP contribution in [0, 0.1) is 0 Å². The van der Waals surface area contributed by atoms with E-state index in [0.717, 1.165) is 0 Å². The fourth-order valence-corrected chi connectivity index (χ4v) is 0.713. The number of methoxy groups -OCH3 is 1. The van der Waals surface area contributed by atoms with Gasteiger partial charge in [-0.15, -0.1) is 0 Å². The molecule has 0 fully saturated rings. The zero-order valence-electron chi connectivity index (χ0n) is 6.24. The molecule has 0 aliphatic rings. The monoisotopic (exact) mass is 154 g/mol. The molecule has 0 saturated carbocycles. The molecule has 1 aromatic heterocycles. The Hall–Kier alpha value is -1.36. The lowest BCUT2D eigenvalue weighted by Crippen LogP contribution is -2.05. The summed E-state index contributed by atoms with van der Waals surface area (Å²) in [5.74, 6) is 0.728. The molecule has 0 radical (unpaired) electrons. The van der Waals surface area contributed by atoms with E-state index < -0.39 is 0 Å². The fourth-order valence-electron chi connectivity index (χ4n) is 0.713. The molecule has 1 heterocycles. The molecular formula is C6H10N4O. The van der Waals surface area contributed by atoms with Gasteiger partial charge in [0.2, 0.25) is 5.88 Å². The Morgan fingerprint density at radius 2 is 2.36 bits per heavy atom. The molecular weight excluding hydrogens is 144 g/mol. The Balaban J connectivity index is 3.06. The first kappa shape index (κ1) is 7.74. The van der Waals surface area contributed by atoms with E-state index in [1.807, 2.05) is 0 Å². The van der Waals surface area contributed by atoms with Crippen molar-refractivity contribution in [1.29, 1.82) is 0 Å². The summed E-state index contributed by atoms with van der Waals surface area (Å²) >= 11 is 0. The molecule has 11 heavy (non-hydrogen) atoms. The third-order valence-electron chi connectivity index (χ3n) is 1.22. The lowest BCUT2D eigenvalue weighted by molar-refractivity contribution is 0.390. The lowest BCUT2D eigenvalue weighted by atomic mass is 10.4. The van der Waals surface area contributed by atoms with Crippen LogP contribution >= 0.6 is 0 Å². The van der Waals surface area contributed by atoms with Crippen molar-refractivity contribution in [2.45, 2.75) is 6.54 Å². The smallest absolute Gasteiger partial charge is 0.238 e. The van der Waals surface area contributed by atoms with Crippen molar-refractivity contribution in [1.82, 2.24) is 9.97 Å². The maximum Gasteiger partial charge on any atom is 0.238 e. The first-order chi connectivity index (χ1) is 5.27. The third-order valence-corrected chi connectivity index (χ3v) is 1.22. The summed E-state index contributed by atoms with van der Waals surface area (Å²) in [6.45, 7) is 0.302. The van der Waals surface area contributed by atoms with Crippen molar-refractivity contribution in [3.05, 3.63) is 11.9 Å². The molecule has 0 unspecified atom stereocenters. The summed E-state index contributed by atoms with van der Waals surface area (Å²) in [5, 5.41) is 0. The lowest BCUT2D eigenvalue weighted by Gasteiger charge is -2.03. The summed E-state index contributed by atoms with van der Waals surface area (Å²) in [7, 11) is 1.50. The number of nitrogens with zero attached hydrogens (tertiary/aromatic N) is 2. The molecule has 0 atom stereocenters. The van der Waals surface area contributed by atoms with E-state index in [-0.39, 0.29) is 0 Å². The first-order valence-electron chi connectivity index (χ1n) is 3.13. The van der Waals surface area contributed by atoms with E-state index in [4.69, 9.17) is 16.2 Å². The topological polar surface area (TPSA) is 87.0 Å². The Morgan fingerprint density at radius 3 is 2.91 bits per heavy atom. The number of nitrogens with two attached hydrogens (primary N) is 2. The normalized spacial score (nSPS) is 9.64. The second kappa shape index (κ2) is 3.16. The Kier molecular flexibility index (Phi) is 2.22. The van der Waals surface area contributed by atoms with Gasteiger partial charge in [0, 0.05) is 6.54 Å². The van der Waals surface area contributed by atoms with Gasteiger partial charge in [-0.1, -0.05) is 0 Å². The number of aromatic nitrogens is 2. The maximum absolute atomic E-state index is 5.36. The third kappa shape index (κ3) is 1.56. The minimum atomic E-state index is 0.302. The highest BCUT2D eigenvalue weighted by molar-refractivity contribution is 5.30. The van der Waals surface area contributed by atoms with Crippen molar-refractivity contribution in [3.63, 3.8) is 0 Å². The van der Waals surface area contributed by atoms with Crippen LogP contribution < -0.4 is 16.2 Å². The average Bonchev–Trinajstić information content (AvgIpc) is 2.04. The van der Waals surface area contributed by atoms with Crippen molar-refractivity contribution >= 4 is 5.82 Å². The van der Waals surface area contributed by atoms with Gasteiger partial charge in [-0.25, -0.2) is 0 Å². The predicted molar refractivity (Wildman–Crippen MR) is 40.9 cm³/mol. The summed E-state index contributed by atoms with van der Waals surface area (Å²) in [6, 6.07) is 0. The second-order valence-corrected chi connectivity index (χ2v) is 1.95. The molecule has 1 rings (SSSR count). The van der Waals surface area contributed by atoms with Crippen molar-refractivity contribution in [2.24, 2.45) is 5.73 Å². The Morgan fingerprint density at radius 1 is 1.64 bits per heavy atom. The highest BCUT2D eigenvalue weighted by Crippen LogP contribution is 2.12. The van der Waals surface area contributed by atoms with Crippen molar-refractivity contribution < 1.29 is 4.74 Å². The van der Waals surface area contributed by atoms with E-state index in [1.165, 1.54) is 13.3 Å². The fraction of sp³-hybridized carbons (Fsp3) is 0.333. The van der Waals surface area contributed by atoms with Gasteiger partial charge in [0.05, 0.1) is 13.3 Å². The Bertz CT molecular complexity index is 250. The van der Waals surface area contributed by atoms with Gasteiger partial charge in [0.1, 0.15) is 11.5 Å². The van der Waals surface area contributed by atoms with E-state index in [0.29, 0.717) is 23.9 Å². The number of ether oxygens (including phenoxy) is 1. The Labute approximate surface area is 64.4 Å². The van der Waals surface area contributed by atoms with Crippen LogP contribution in [0.2, 0.25) is 0 Å². The molecule has 1 aromatic rings. The molecule has 0 aliphatic heterocycles. The van der Waals surface area contributed by atoms with Gasteiger partial charge in [-0.3, -0.25) is 4.98 Å². The molecule has 0 amide bonds. The minimum Gasteiger partial charge on any atom is -0.480 e. The average molecular weight is 154 g/mol. The van der Waals surface area contributed by atoms with Gasteiger partial charge in [-0.05, 0) is 0 Å². The molecule has 0 spiro atoms. The number of rotatable bonds is 2. The largest absolute Gasteiger partial charge is 0.480 e. The summed E-state index contributed by atoms with van der Waals surface area (Å²) in [4.78, 5) is 7.81. The van der Waals surface area contributed by atoms with Crippen LogP contribution in [0.1, 0.15) is 5.69 Å². The van der Waals surface area contributed by atoms with Crippen LogP contribution in [0.4, 0.5) is 5.82 Å². The molecule has 60 valence electrons. The summed E-state index contributed by atoms with van der Waals surface area (Å²) in [5.41, 5.74) is 11.3. The number of anilines is 1. The number of nitrogen functional groups attached to an aromatic ring is 1. The van der Waals surface area contributed by atoms with E-state index in [9.17, 15) is 0 Å². The first-order valence-corrected chi connectivity index (χ1v) is 3.13. The molecule has 5 heteroatoms. The molecule has 0 bridgehead atoms. The van der Waals surface area contributed by atoms with Gasteiger partial charge in [0.25, 0.3) is 0 Å². The SMILES string of the molecule is COc1nc(N)cnc1CN. The van der Waals surface area contributed by atoms with E-state index in [2.05, 4.69) is 9.97 Å². The zero-order valence-corrected chi connectivity index (χ0v) is 6.24. The minimum absolute atomic E-state index is 0.302. The van der Waals surface area contributed by atoms with Crippen LogP contribution in [-0.2, 0) is 6.54 Å². The van der Waals surface area contributed by atoms with Crippen LogP contribution in [-0.4, -0.2) is 17.1 Å². The van der Waals surface area contributed by atoms with E-state index in [1.54, 1.807) is 0 Å². The van der Waals surface area contributed by atoms with Crippen molar-refractivity contribution in [3.8, 4) is 5.88 Å². The molecule has 0 aromatic carbocycles. The zero-order chi connectivity index (χ0) is 8.27. The molecule has 0 saturated heterocycles. The van der Waals surface area contributed by atoms with Crippen molar-refractivity contribution in [2.75, 3.05) is 12.8 Å². The number of hydrogen-bond acceptors (Lipinski definition) is 5. The number of hydrogen-bond donors (Lipinski definition) is 2. The highest BCUT2D eigenvalue weighted by atomic mass is 16.5. The van der Waals surface area contributed by atoms with Gasteiger partial charge in [0.15, 0.2) is 0 Å². The van der Waals surface area contributed by atoms with Gasteiger partial charge >= 0.3 is 0 Å². The maximum atomic E-state index is 5.36. The molecule has 0 aliphatic carbocycles. The molecule has 5 nitrogen and oxygen atoms in total. The van der Waals surface area contributed by atoms with Crippen LogP contribution in [0.25, 0.3) is 0 Å². The summed E-state index contributed by atoms with van der Waals surface area (Å²) < 4.78 is 4.88. The standard InChI is InChI=1S/C6H10N4O/c1-11-6-4(2-7)9-3-5(8)10-6/h3H,2,7H2,1H3,(H2,8,10). The van der Waals surface area contributed by atoms with Crippen LogP contribution in [0.15, 0.2) is 6.20 Å². The predicted octanol–water partition coefficient (Wildman–Crippen LogP) is -0.474. The highest BCUT2D eigenvalue weighted by Gasteiger charge is 2.03. The van der Waals surface area contributed by atoms with Crippen LogP contribution in [0.3, 0.4) is 0 Å². The molecule has 4 N–H and O–H groups in total. The van der Waals surface area contributed by atoms with Crippen LogP contribution in [0.5, 0.6) is 5.88 Å². The summed E-state index contributed by atoms with van der Waals surface area (Å²) in [6.07, 6.45) is 1.45. The second-order valence-electron chi connectivity index (χ2n) is 1.95. The quantitative estimate of drug-likeness (QED) is 0.601. The van der Waals surface area contributed by atoms with Gasteiger partial charge < -0.3 is 16.2 Å². The van der Waals surface area contributed by atoms with Gasteiger partial charge in [-0.2, -0.15) is 4.98 Å². The van der Waals surface area contributed by atoms with E-state index >= 15 is 0 Å².